The molecular formula is C18H26Cl2N4O. The van der Waals surface area contributed by atoms with E-state index in [9.17, 15) is 4.79 Å². The average molecular weight is 385 g/mol. The van der Waals surface area contributed by atoms with Crippen LogP contribution >= 0.6 is 24.8 Å². The van der Waals surface area contributed by atoms with E-state index >= 15 is 0 Å². The number of benzene rings is 1. The maximum atomic E-state index is 12.2. The molecule has 1 aliphatic rings. The summed E-state index contributed by atoms with van der Waals surface area (Å²) in [6.45, 7) is 2.16. The number of hydrogen-bond donors (Lipinski definition) is 2. The molecule has 1 amide bonds. The molecule has 1 saturated heterocycles. The molecule has 0 aliphatic carbocycles. The Bertz CT molecular complexity index is 669. The molecule has 2 N–H and O–H groups in total. The Labute approximate surface area is 161 Å². The van der Waals surface area contributed by atoms with Crippen LogP contribution in [0.4, 0.5) is 5.69 Å². The summed E-state index contributed by atoms with van der Waals surface area (Å²) >= 11 is 0. The van der Waals surface area contributed by atoms with Crippen LogP contribution in [0, 0.1) is 5.92 Å². The molecule has 0 unspecified atom stereocenters. The molecule has 25 heavy (non-hydrogen) atoms. The molecule has 0 spiro atoms. The fraction of sp³-hybridized carbons (Fsp3) is 0.444. The van der Waals surface area contributed by atoms with Crippen molar-refractivity contribution in [3.05, 3.63) is 36.7 Å². The van der Waals surface area contributed by atoms with Gasteiger partial charge in [-0.2, -0.15) is 0 Å². The number of anilines is 1. The first kappa shape index (κ1) is 21.5. The van der Waals surface area contributed by atoms with Crippen LogP contribution in [0.15, 0.2) is 36.7 Å². The van der Waals surface area contributed by atoms with Gasteiger partial charge in [0, 0.05) is 37.1 Å². The second-order valence-corrected chi connectivity index (χ2v) is 6.22. The third-order valence-electron chi connectivity index (χ3n) is 4.46. The normalized spacial score (nSPS) is 14.3. The molecule has 138 valence electrons. The van der Waals surface area contributed by atoms with Gasteiger partial charge in [-0.3, -0.25) is 4.79 Å². The van der Waals surface area contributed by atoms with Gasteiger partial charge in [-0.05, 0) is 50.4 Å². The molecule has 0 atom stereocenters. The molecule has 1 aromatic carbocycles. The summed E-state index contributed by atoms with van der Waals surface area (Å²) in [7, 11) is 1.96. The van der Waals surface area contributed by atoms with Gasteiger partial charge in [0.25, 0.3) is 0 Å². The Morgan fingerprint density at radius 3 is 2.76 bits per heavy atom. The van der Waals surface area contributed by atoms with Crippen molar-refractivity contribution in [3.63, 3.8) is 0 Å². The van der Waals surface area contributed by atoms with Crippen LogP contribution in [0.3, 0.4) is 0 Å². The van der Waals surface area contributed by atoms with E-state index in [2.05, 4.69) is 15.6 Å². The Kier molecular flexibility index (Phi) is 8.97. The highest BCUT2D eigenvalue weighted by molar-refractivity contribution is 5.91. The largest absolute Gasteiger partial charge is 0.334 e. The van der Waals surface area contributed by atoms with Gasteiger partial charge in [0.1, 0.15) is 5.82 Å². The summed E-state index contributed by atoms with van der Waals surface area (Å²) in [6.07, 6.45) is 7.63. The zero-order valence-electron chi connectivity index (χ0n) is 14.4. The lowest BCUT2D eigenvalue weighted by Crippen LogP contribution is -2.28. The molecule has 1 fully saturated rings. The van der Waals surface area contributed by atoms with Crippen LogP contribution in [0.25, 0.3) is 11.4 Å². The van der Waals surface area contributed by atoms with Gasteiger partial charge in [-0.25, -0.2) is 4.98 Å². The molecule has 0 saturated carbocycles. The zero-order valence-corrected chi connectivity index (χ0v) is 16.0. The van der Waals surface area contributed by atoms with Crippen LogP contribution in [0.1, 0.15) is 25.7 Å². The maximum absolute atomic E-state index is 12.2. The van der Waals surface area contributed by atoms with Crippen molar-refractivity contribution < 1.29 is 4.79 Å². The first-order valence-corrected chi connectivity index (χ1v) is 8.31. The van der Waals surface area contributed by atoms with Gasteiger partial charge in [0.2, 0.25) is 5.91 Å². The zero-order chi connectivity index (χ0) is 16.1. The lowest BCUT2D eigenvalue weighted by Gasteiger charge is -2.22. The number of aryl methyl sites for hydroxylation is 1. The maximum Gasteiger partial charge on any atom is 0.224 e. The first-order valence-electron chi connectivity index (χ1n) is 8.31. The van der Waals surface area contributed by atoms with Gasteiger partial charge in [-0.15, -0.1) is 24.8 Å². The van der Waals surface area contributed by atoms with Crippen molar-refractivity contribution in [1.29, 1.82) is 0 Å². The van der Waals surface area contributed by atoms with Crippen LogP contribution in [-0.4, -0.2) is 28.5 Å². The van der Waals surface area contributed by atoms with E-state index in [1.165, 1.54) is 12.8 Å². The number of amides is 1. The number of nitrogens with one attached hydrogen (secondary N) is 2. The minimum absolute atomic E-state index is 0. The second kappa shape index (κ2) is 10.4. The van der Waals surface area contributed by atoms with Gasteiger partial charge in [0.05, 0.1) is 0 Å². The van der Waals surface area contributed by atoms with Crippen molar-refractivity contribution in [2.75, 3.05) is 18.4 Å². The van der Waals surface area contributed by atoms with E-state index in [1.54, 1.807) is 6.20 Å². The number of piperidine rings is 1. The lowest BCUT2D eigenvalue weighted by molar-refractivity contribution is -0.116. The van der Waals surface area contributed by atoms with Crippen LogP contribution < -0.4 is 10.6 Å². The summed E-state index contributed by atoms with van der Waals surface area (Å²) in [5, 5.41) is 6.37. The number of nitrogens with zero attached hydrogens (tertiary/aromatic N) is 2. The van der Waals surface area contributed by atoms with Crippen molar-refractivity contribution in [2.24, 2.45) is 13.0 Å². The highest BCUT2D eigenvalue weighted by Gasteiger charge is 2.14. The van der Waals surface area contributed by atoms with E-state index in [0.717, 1.165) is 36.6 Å². The van der Waals surface area contributed by atoms with Crippen molar-refractivity contribution in [3.8, 4) is 11.4 Å². The number of carbonyl (C=O) groups excluding carboxylic acids is 1. The summed E-state index contributed by atoms with van der Waals surface area (Å²) in [4.78, 5) is 16.5. The Balaban J connectivity index is 0.00000156. The van der Waals surface area contributed by atoms with E-state index in [1.807, 2.05) is 42.1 Å². The Morgan fingerprint density at radius 2 is 2.08 bits per heavy atom. The average Bonchev–Trinajstić information content (AvgIpc) is 3.00. The van der Waals surface area contributed by atoms with E-state index < -0.39 is 0 Å². The van der Waals surface area contributed by atoms with Crippen LogP contribution in [-0.2, 0) is 11.8 Å². The van der Waals surface area contributed by atoms with Crippen LogP contribution in [0.5, 0.6) is 0 Å². The predicted octanol–water partition coefficient (Wildman–Crippen LogP) is 3.65. The summed E-state index contributed by atoms with van der Waals surface area (Å²) < 4.78 is 1.97. The number of hydrogen-bond acceptors (Lipinski definition) is 3. The standard InChI is InChI=1S/C18H24N4O.2ClH/c1-22-12-11-20-18(22)15-3-2-4-16(13-15)21-17(23)6-5-14-7-9-19-10-8-14;;/h2-4,11-14,19H,5-10H2,1H3,(H,21,23);2*1H. The summed E-state index contributed by atoms with van der Waals surface area (Å²) in [5.41, 5.74) is 1.84. The molecule has 0 bridgehead atoms. The molecule has 0 radical (unpaired) electrons. The molecular weight excluding hydrogens is 359 g/mol. The quantitative estimate of drug-likeness (QED) is 0.826. The Morgan fingerprint density at radius 1 is 1.32 bits per heavy atom. The number of carbonyl (C=O) groups is 1. The van der Waals surface area contributed by atoms with Gasteiger partial charge >= 0.3 is 0 Å². The highest BCUT2D eigenvalue weighted by atomic mass is 35.5. The monoisotopic (exact) mass is 384 g/mol. The number of aromatic nitrogens is 2. The second-order valence-electron chi connectivity index (χ2n) is 6.22. The molecule has 7 heteroatoms. The van der Waals surface area contributed by atoms with Crippen molar-refractivity contribution in [1.82, 2.24) is 14.9 Å². The van der Waals surface area contributed by atoms with Crippen molar-refractivity contribution in [2.45, 2.75) is 25.7 Å². The van der Waals surface area contributed by atoms with Gasteiger partial charge in [0.15, 0.2) is 0 Å². The SMILES string of the molecule is Cl.Cl.Cn1ccnc1-c1cccc(NC(=O)CCC2CCNCC2)c1. The lowest BCUT2D eigenvalue weighted by atomic mass is 9.93. The van der Waals surface area contributed by atoms with E-state index in [-0.39, 0.29) is 30.7 Å². The van der Waals surface area contributed by atoms with Crippen LogP contribution in [0.2, 0.25) is 0 Å². The minimum atomic E-state index is 0. The molecule has 1 aliphatic heterocycles. The summed E-state index contributed by atoms with van der Waals surface area (Å²) in [6, 6.07) is 7.86. The molecule has 2 heterocycles. The first-order chi connectivity index (χ1) is 11.2. The molecule has 3 rings (SSSR count). The molecule has 5 nitrogen and oxygen atoms in total. The molecule has 2 aromatic rings. The topological polar surface area (TPSA) is 59.0 Å². The van der Waals surface area contributed by atoms with E-state index in [0.29, 0.717) is 12.3 Å². The summed E-state index contributed by atoms with van der Waals surface area (Å²) in [5.74, 6) is 1.68. The van der Waals surface area contributed by atoms with Gasteiger partial charge < -0.3 is 15.2 Å². The Hall–Kier alpha value is -1.56. The molecule has 1 aromatic heterocycles. The number of rotatable bonds is 5. The predicted molar refractivity (Wildman–Crippen MR) is 107 cm³/mol. The van der Waals surface area contributed by atoms with Crippen molar-refractivity contribution >= 4 is 36.4 Å². The third-order valence-corrected chi connectivity index (χ3v) is 4.46. The fourth-order valence-corrected chi connectivity index (χ4v) is 3.11. The number of imidazole rings is 1. The highest BCUT2D eigenvalue weighted by Crippen LogP contribution is 2.22. The van der Waals surface area contributed by atoms with Gasteiger partial charge in [-0.1, -0.05) is 12.1 Å². The van der Waals surface area contributed by atoms with E-state index in [4.69, 9.17) is 0 Å². The smallest absolute Gasteiger partial charge is 0.224 e. The third kappa shape index (κ3) is 6.03. The number of halogens is 2. The fourth-order valence-electron chi connectivity index (χ4n) is 3.11. The minimum Gasteiger partial charge on any atom is -0.334 e.